The van der Waals surface area contributed by atoms with Crippen molar-refractivity contribution in [1.82, 2.24) is 20.6 Å². The molecule has 0 aliphatic carbocycles. The molecular formula is C22H21FN4O2. The summed E-state index contributed by atoms with van der Waals surface area (Å²) in [7, 11) is 0. The van der Waals surface area contributed by atoms with Crippen LogP contribution in [0.25, 0.3) is 0 Å². The highest BCUT2D eigenvalue weighted by atomic mass is 19.1. The molecule has 3 aromatic rings. The number of amides is 2. The monoisotopic (exact) mass is 394 g/mol. The highest BCUT2D eigenvalue weighted by Gasteiger charge is 2.13. The van der Waals surface area contributed by atoms with E-state index in [1.807, 2.05) is 31.2 Å². The Hall–Kier alpha value is -3.61. The van der Waals surface area contributed by atoms with Gasteiger partial charge in [0.2, 0.25) is 0 Å². The van der Waals surface area contributed by atoms with Crippen LogP contribution in [-0.4, -0.2) is 21.8 Å². The second-order valence-electron chi connectivity index (χ2n) is 6.50. The first-order valence-electron chi connectivity index (χ1n) is 9.90. The van der Waals surface area contributed by atoms with Crippen LogP contribution in [0.1, 0.15) is 46.0 Å². The molecule has 0 aliphatic rings. The van der Waals surface area contributed by atoms with Crippen molar-refractivity contribution in [1.29, 1.82) is 0 Å². The van der Waals surface area contributed by atoms with Crippen molar-refractivity contribution in [2.75, 3.05) is 0 Å². The number of rotatable bonds is 6. The molecular weight excluding hydrogens is 371 g/mol. The predicted molar refractivity (Wildman–Crippen MR) is 107 cm³/mol. The molecule has 2 amide bonds. The van der Waals surface area contributed by atoms with Gasteiger partial charge in [0.25, 0.3) is 11.8 Å². The van der Waals surface area contributed by atoms with Gasteiger partial charge in [0.1, 0.15) is 23.5 Å². The molecule has 7 heteroatoms. The Kier molecular flexibility index (Phi) is 5.46. The van der Waals surface area contributed by atoms with E-state index in [-0.39, 0.29) is 29.1 Å². The number of carbonyl (C=O) groups is 2. The van der Waals surface area contributed by atoms with E-state index in [0.29, 0.717) is 0 Å². The molecule has 0 bridgehead atoms. The lowest BCUT2D eigenvalue weighted by molar-refractivity contribution is 0.0944. The standard InChI is InChI=1S/C22H21FN4O2/c1-14-3-5-16(6-4-14)11-24-21(28)19-10-20(27-13-26-19)22(29)25-12-17-7-8-18(23)15(2)9-17/h3-10,13H,11-12H2,1-2H3,(H,24,28)(H,25,29)/i12D2. The molecule has 0 radical (unpaired) electrons. The number of nitrogens with zero attached hydrogens (tertiary/aromatic N) is 2. The van der Waals surface area contributed by atoms with Gasteiger partial charge in [-0.1, -0.05) is 42.0 Å². The first-order valence-corrected chi connectivity index (χ1v) is 8.90. The van der Waals surface area contributed by atoms with Gasteiger partial charge in [-0.05, 0) is 36.6 Å². The number of benzene rings is 2. The SMILES string of the molecule is [2H]C([2H])(NC(=O)c1cc(C(=O)NCc2ccc(C)cc2)ncn1)c1ccc(F)c(C)c1. The molecule has 1 aromatic heterocycles. The molecule has 29 heavy (non-hydrogen) atoms. The molecule has 0 fully saturated rings. The van der Waals surface area contributed by atoms with Crippen molar-refractivity contribution >= 4 is 11.8 Å². The Morgan fingerprint density at radius 3 is 2.21 bits per heavy atom. The third-order valence-electron chi connectivity index (χ3n) is 4.18. The molecule has 0 aliphatic heterocycles. The topological polar surface area (TPSA) is 84.0 Å². The fraction of sp³-hybridized carbons (Fsp3) is 0.182. The van der Waals surface area contributed by atoms with Crippen molar-refractivity contribution in [2.24, 2.45) is 0 Å². The predicted octanol–water partition coefficient (Wildman–Crippen LogP) is 3.09. The lowest BCUT2D eigenvalue weighted by atomic mass is 10.1. The van der Waals surface area contributed by atoms with Crippen LogP contribution >= 0.6 is 0 Å². The minimum Gasteiger partial charge on any atom is -0.347 e. The number of hydrogen-bond donors (Lipinski definition) is 2. The minimum absolute atomic E-state index is 0.0227. The average Bonchev–Trinajstić information content (AvgIpc) is 2.74. The fourth-order valence-corrected chi connectivity index (χ4v) is 2.50. The van der Waals surface area contributed by atoms with E-state index in [1.165, 1.54) is 25.1 Å². The molecule has 0 spiro atoms. The summed E-state index contributed by atoms with van der Waals surface area (Å²) in [6.07, 6.45) is 1.06. The molecule has 2 aromatic carbocycles. The van der Waals surface area contributed by atoms with E-state index in [0.717, 1.165) is 23.5 Å². The van der Waals surface area contributed by atoms with Gasteiger partial charge in [0.05, 0.1) is 2.74 Å². The van der Waals surface area contributed by atoms with E-state index in [1.54, 1.807) is 0 Å². The molecule has 0 atom stereocenters. The largest absolute Gasteiger partial charge is 0.347 e. The summed E-state index contributed by atoms with van der Waals surface area (Å²) in [5, 5.41) is 4.93. The van der Waals surface area contributed by atoms with Crippen LogP contribution in [0, 0.1) is 19.7 Å². The van der Waals surface area contributed by atoms with E-state index in [2.05, 4.69) is 20.6 Å². The summed E-state index contributed by atoms with van der Waals surface area (Å²) in [5.74, 6) is -1.79. The van der Waals surface area contributed by atoms with Crippen molar-refractivity contribution in [2.45, 2.75) is 26.9 Å². The van der Waals surface area contributed by atoms with Gasteiger partial charge in [-0.15, -0.1) is 0 Å². The highest BCUT2D eigenvalue weighted by Crippen LogP contribution is 2.09. The maximum absolute atomic E-state index is 13.5. The maximum Gasteiger partial charge on any atom is 0.270 e. The van der Waals surface area contributed by atoms with E-state index < -0.39 is 24.1 Å². The van der Waals surface area contributed by atoms with Crippen LogP contribution in [0.3, 0.4) is 0 Å². The second kappa shape index (κ2) is 9.05. The van der Waals surface area contributed by atoms with Crippen LogP contribution in [0.5, 0.6) is 0 Å². The zero-order valence-electron chi connectivity index (χ0n) is 18.0. The van der Waals surface area contributed by atoms with Gasteiger partial charge in [0, 0.05) is 19.1 Å². The van der Waals surface area contributed by atoms with Gasteiger partial charge in [-0.3, -0.25) is 9.59 Å². The van der Waals surface area contributed by atoms with Crippen LogP contribution in [0.2, 0.25) is 0 Å². The third-order valence-corrected chi connectivity index (χ3v) is 4.18. The van der Waals surface area contributed by atoms with Crippen molar-refractivity contribution in [3.63, 3.8) is 0 Å². The maximum atomic E-state index is 13.5. The lowest BCUT2D eigenvalue weighted by Gasteiger charge is -2.08. The van der Waals surface area contributed by atoms with Crippen molar-refractivity contribution < 1.29 is 16.7 Å². The van der Waals surface area contributed by atoms with Crippen molar-refractivity contribution in [3.05, 3.63) is 94.3 Å². The first kappa shape index (κ1) is 17.5. The number of nitrogens with one attached hydrogen (secondary N) is 2. The third kappa shape index (κ3) is 5.44. The quantitative estimate of drug-likeness (QED) is 0.673. The molecule has 1 heterocycles. The second-order valence-corrected chi connectivity index (χ2v) is 6.50. The Bertz CT molecular complexity index is 1120. The molecule has 2 N–H and O–H groups in total. The summed E-state index contributed by atoms with van der Waals surface area (Å²) in [6, 6.07) is 12.6. The molecule has 6 nitrogen and oxygen atoms in total. The molecule has 0 saturated heterocycles. The number of carbonyl (C=O) groups excluding carboxylic acids is 2. The smallest absolute Gasteiger partial charge is 0.270 e. The first-order chi connectivity index (χ1) is 14.7. The molecule has 0 saturated carbocycles. The zero-order chi connectivity index (χ0) is 22.6. The van der Waals surface area contributed by atoms with E-state index in [9.17, 15) is 14.0 Å². The normalized spacial score (nSPS) is 12.0. The zero-order valence-corrected chi connectivity index (χ0v) is 16.0. The Morgan fingerprint density at radius 1 is 0.931 bits per heavy atom. The van der Waals surface area contributed by atoms with Crippen LogP contribution in [0.4, 0.5) is 4.39 Å². The summed E-state index contributed by atoms with van der Waals surface area (Å²) in [6.45, 7) is 1.49. The summed E-state index contributed by atoms with van der Waals surface area (Å²) >= 11 is 0. The fourth-order valence-electron chi connectivity index (χ4n) is 2.50. The van der Waals surface area contributed by atoms with Crippen LogP contribution < -0.4 is 10.6 Å². The van der Waals surface area contributed by atoms with Crippen molar-refractivity contribution in [3.8, 4) is 0 Å². The van der Waals surface area contributed by atoms with Gasteiger partial charge in [-0.25, -0.2) is 14.4 Å². The van der Waals surface area contributed by atoms with Gasteiger partial charge in [0.15, 0.2) is 0 Å². The Labute approximate surface area is 171 Å². The summed E-state index contributed by atoms with van der Waals surface area (Å²) in [5.41, 5.74) is 2.17. The average molecular weight is 394 g/mol. The van der Waals surface area contributed by atoms with Crippen LogP contribution in [0.15, 0.2) is 54.9 Å². The van der Waals surface area contributed by atoms with E-state index in [4.69, 9.17) is 2.74 Å². The minimum atomic E-state index is -2.27. The Morgan fingerprint density at radius 2 is 1.55 bits per heavy atom. The number of halogens is 1. The number of hydrogen-bond acceptors (Lipinski definition) is 4. The van der Waals surface area contributed by atoms with Gasteiger partial charge < -0.3 is 10.6 Å². The number of aromatic nitrogens is 2. The Balaban J connectivity index is 1.69. The van der Waals surface area contributed by atoms with Gasteiger partial charge >= 0.3 is 0 Å². The molecule has 148 valence electrons. The van der Waals surface area contributed by atoms with Gasteiger partial charge in [-0.2, -0.15) is 0 Å². The summed E-state index contributed by atoms with van der Waals surface area (Å²) < 4.78 is 29.7. The van der Waals surface area contributed by atoms with Crippen LogP contribution in [-0.2, 0) is 13.0 Å². The number of aryl methyl sites for hydroxylation is 2. The summed E-state index contributed by atoms with van der Waals surface area (Å²) in [4.78, 5) is 32.6. The molecule has 0 unspecified atom stereocenters. The lowest BCUT2D eigenvalue weighted by Crippen LogP contribution is -2.27. The molecule has 3 rings (SSSR count). The highest BCUT2D eigenvalue weighted by molar-refractivity contribution is 5.97. The van der Waals surface area contributed by atoms with E-state index >= 15 is 0 Å².